The van der Waals surface area contributed by atoms with E-state index >= 15 is 0 Å². The summed E-state index contributed by atoms with van der Waals surface area (Å²) in [5.74, 6) is 1.91. The zero-order valence-electron chi connectivity index (χ0n) is 12.4. The van der Waals surface area contributed by atoms with E-state index in [2.05, 4.69) is 53.0 Å². The van der Waals surface area contributed by atoms with Crippen LogP contribution >= 0.6 is 23.1 Å². The highest BCUT2D eigenvalue weighted by Gasteiger charge is 2.17. The molecular formula is C13H24N4S2. The molecule has 6 heteroatoms. The maximum absolute atomic E-state index is 4.65. The molecule has 2 N–H and O–H groups in total. The number of aliphatic imine (C=N–C) groups is 1. The summed E-state index contributed by atoms with van der Waals surface area (Å²) in [6.07, 6.45) is 2.10. The van der Waals surface area contributed by atoms with Crippen LogP contribution in [0.2, 0.25) is 0 Å². The lowest BCUT2D eigenvalue weighted by Gasteiger charge is -2.14. The number of rotatable bonds is 5. The van der Waals surface area contributed by atoms with Crippen LogP contribution in [0.4, 0.5) is 0 Å². The standard InChI is InChI=1S/C13H24N4S2/c1-13(2,3)10-9-19-11(17-10)8-16-12(14-4)15-6-7-18-5/h9H,6-8H2,1-5H3,(H2,14,15,16). The van der Waals surface area contributed by atoms with Crippen LogP contribution in [0.1, 0.15) is 31.5 Å². The molecule has 0 aliphatic rings. The van der Waals surface area contributed by atoms with Crippen molar-refractivity contribution in [3.05, 3.63) is 16.1 Å². The predicted molar refractivity (Wildman–Crippen MR) is 87.4 cm³/mol. The van der Waals surface area contributed by atoms with E-state index in [4.69, 9.17) is 0 Å². The Hall–Kier alpha value is -0.750. The second-order valence-corrected chi connectivity index (χ2v) is 7.15. The Morgan fingerprint density at radius 2 is 2.16 bits per heavy atom. The van der Waals surface area contributed by atoms with E-state index in [1.165, 1.54) is 0 Å². The van der Waals surface area contributed by atoms with Gasteiger partial charge in [-0.05, 0) is 6.26 Å². The highest BCUT2D eigenvalue weighted by Crippen LogP contribution is 2.23. The topological polar surface area (TPSA) is 49.3 Å². The summed E-state index contributed by atoms with van der Waals surface area (Å²) < 4.78 is 0. The third kappa shape index (κ3) is 5.82. The maximum atomic E-state index is 4.65. The number of nitrogens with zero attached hydrogens (tertiary/aromatic N) is 2. The third-order valence-electron chi connectivity index (χ3n) is 2.55. The third-order valence-corrected chi connectivity index (χ3v) is 4.01. The van der Waals surface area contributed by atoms with Gasteiger partial charge in [-0.2, -0.15) is 11.8 Å². The molecule has 0 unspecified atom stereocenters. The van der Waals surface area contributed by atoms with Gasteiger partial charge in [-0.15, -0.1) is 11.3 Å². The van der Waals surface area contributed by atoms with E-state index < -0.39 is 0 Å². The summed E-state index contributed by atoms with van der Waals surface area (Å²) in [6.45, 7) is 8.19. The quantitative estimate of drug-likeness (QED) is 0.498. The van der Waals surface area contributed by atoms with Crippen LogP contribution in [0.3, 0.4) is 0 Å². The Morgan fingerprint density at radius 1 is 1.42 bits per heavy atom. The van der Waals surface area contributed by atoms with Gasteiger partial charge in [-0.1, -0.05) is 20.8 Å². The van der Waals surface area contributed by atoms with Gasteiger partial charge in [-0.25, -0.2) is 4.98 Å². The highest BCUT2D eigenvalue weighted by molar-refractivity contribution is 7.98. The van der Waals surface area contributed by atoms with Crippen LogP contribution < -0.4 is 10.6 Å². The van der Waals surface area contributed by atoms with Crippen molar-refractivity contribution in [2.24, 2.45) is 4.99 Å². The molecule has 0 fully saturated rings. The lowest BCUT2D eigenvalue weighted by molar-refractivity contribution is 0.570. The molecule has 1 heterocycles. The first-order valence-electron chi connectivity index (χ1n) is 6.35. The number of nitrogens with one attached hydrogen (secondary N) is 2. The lowest BCUT2D eigenvalue weighted by Crippen LogP contribution is -2.37. The summed E-state index contributed by atoms with van der Waals surface area (Å²) in [5.41, 5.74) is 1.27. The summed E-state index contributed by atoms with van der Waals surface area (Å²) in [4.78, 5) is 8.85. The van der Waals surface area contributed by atoms with Crippen molar-refractivity contribution in [3.63, 3.8) is 0 Å². The molecule has 0 radical (unpaired) electrons. The minimum absolute atomic E-state index is 0.118. The van der Waals surface area contributed by atoms with E-state index in [9.17, 15) is 0 Å². The van der Waals surface area contributed by atoms with E-state index in [1.54, 1.807) is 18.4 Å². The second-order valence-electron chi connectivity index (χ2n) is 5.22. The molecule has 0 saturated heterocycles. The van der Waals surface area contributed by atoms with E-state index in [-0.39, 0.29) is 5.41 Å². The predicted octanol–water partition coefficient (Wildman–Crippen LogP) is 2.47. The van der Waals surface area contributed by atoms with Crippen molar-refractivity contribution in [2.75, 3.05) is 25.6 Å². The molecule has 19 heavy (non-hydrogen) atoms. The van der Waals surface area contributed by atoms with Gasteiger partial charge in [0.05, 0.1) is 12.2 Å². The van der Waals surface area contributed by atoms with Gasteiger partial charge in [0.1, 0.15) is 5.01 Å². The Bertz CT molecular complexity index is 407. The molecule has 1 rings (SSSR count). The number of thiazole rings is 1. The van der Waals surface area contributed by atoms with Crippen molar-refractivity contribution in [1.82, 2.24) is 15.6 Å². The van der Waals surface area contributed by atoms with E-state index in [0.717, 1.165) is 35.5 Å². The Kier molecular flexibility index (Phi) is 6.65. The molecule has 1 aromatic rings. The van der Waals surface area contributed by atoms with Crippen LogP contribution in [-0.4, -0.2) is 36.5 Å². The van der Waals surface area contributed by atoms with Crippen molar-refractivity contribution >= 4 is 29.1 Å². The number of thioether (sulfide) groups is 1. The fourth-order valence-corrected chi connectivity index (χ4v) is 2.65. The van der Waals surface area contributed by atoms with Crippen molar-refractivity contribution < 1.29 is 0 Å². The van der Waals surface area contributed by atoms with Gasteiger partial charge in [0.15, 0.2) is 5.96 Å². The zero-order valence-corrected chi connectivity index (χ0v) is 14.0. The molecule has 4 nitrogen and oxygen atoms in total. The van der Waals surface area contributed by atoms with Gasteiger partial charge < -0.3 is 10.6 Å². The Morgan fingerprint density at radius 3 is 2.68 bits per heavy atom. The van der Waals surface area contributed by atoms with Gasteiger partial charge in [0.25, 0.3) is 0 Å². The number of hydrogen-bond acceptors (Lipinski definition) is 4. The first-order chi connectivity index (χ1) is 8.97. The highest BCUT2D eigenvalue weighted by atomic mass is 32.2. The number of hydrogen-bond donors (Lipinski definition) is 2. The lowest BCUT2D eigenvalue weighted by atomic mass is 9.93. The molecule has 0 aromatic carbocycles. The molecule has 0 atom stereocenters. The smallest absolute Gasteiger partial charge is 0.191 e. The normalized spacial score (nSPS) is 12.6. The number of aromatic nitrogens is 1. The summed E-state index contributed by atoms with van der Waals surface area (Å²) in [7, 11) is 1.79. The van der Waals surface area contributed by atoms with Gasteiger partial charge in [-0.3, -0.25) is 4.99 Å². The first-order valence-corrected chi connectivity index (χ1v) is 8.63. The molecule has 0 spiro atoms. The number of guanidine groups is 1. The van der Waals surface area contributed by atoms with E-state index in [1.807, 2.05) is 11.8 Å². The van der Waals surface area contributed by atoms with Crippen LogP contribution in [0.5, 0.6) is 0 Å². The molecule has 0 saturated carbocycles. The zero-order chi connectivity index (χ0) is 14.3. The minimum Gasteiger partial charge on any atom is -0.356 e. The molecule has 0 bridgehead atoms. The molecule has 0 aliphatic heterocycles. The van der Waals surface area contributed by atoms with Crippen molar-refractivity contribution in [3.8, 4) is 0 Å². The van der Waals surface area contributed by atoms with Crippen LogP contribution in [0.15, 0.2) is 10.4 Å². The summed E-state index contributed by atoms with van der Waals surface area (Å²) in [5, 5.41) is 9.79. The Balaban J connectivity index is 2.45. The largest absolute Gasteiger partial charge is 0.356 e. The molecule has 0 aliphatic carbocycles. The summed E-state index contributed by atoms with van der Waals surface area (Å²) >= 11 is 3.52. The SMILES string of the molecule is CN=C(NCCSC)NCc1nc(C(C)(C)C)cs1. The van der Waals surface area contributed by atoms with Gasteiger partial charge in [0.2, 0.25) is 0 Å². The van der Waals surface area contributed by atoms with Gasteiger partial charge >= 0.3 is 0 Å². The molecule has 108 valence electrons. The summed E-state index contributed by atoms with van der Waals surface area (Å²) in [6, 6.07) is 0. The van der Waals surface area contributed by atoms with Crippen molar-refractivity contribution in [1.29, 1.82) is 0 Å². The minimum atomic E-state index is 0.118. The monoisotopic (exact) mass is 300 g/mol. The average molecular weight is 300 g/mol. The maximum Gasteiger partial charge on any atom is 0.191 e. The fraction of sp³-hybridized carbons (Fsp3) is 0.692. The fourth-order valence-electron chi connectivity index (χ4n) is 1.39. The molecular weight excluding hydrogens is 276 g/mol. The first kappa shape index (κ1) is 16.3. The van der Waals surface area contributed by atoms with Crippen LogP contribution in [0.25, 0.3) is 0 Å². The molecule has 1 aromatic heterocycles. The average Bonchev–Trinajstić information content (AvgIpc) is 2.82. The van der Waals surface area contributed by atoms with Crippen LogP contribution in [-0.2, 0) is 12.0 Å². The van der Waals surface area contributed by atoms with Gasteiger partial charge in [0, 0.05) is 30.1 Å². The van der Waals surface area contributed by atoms with E-state index in [0.29, 0.717) is 0 Å². The molecule has 0 amide bonds. The van der Waals surface area contributed by atoms with Crippen molar-refractivity contribution in [2.45, 2.75) is 32.7 Å². The second kappa shape index (κ2) is 7.75. The Labute approximate surface area is 124 Å². The van der Waals surface area contributed by atoms with Crippen LogP contribution in [0, 0.1) is 0 Å².